The molecule has 104 valence electrons. The number of benzene rings is 1. The molecule has 2 N–H and O–H groups in total. The van der Waals surface area contributed by atoms with Crippen molar-refractivity contribution in [1.29, 1.82) is 0 Å². The molecular formula is C18H27N. The number of rotatable bonds is 4. The van der Waals surface area contributed by atoms with Gasteiger partial charge in [0.05, 0.1) is 6.04 Å². The summed E-state index contributed by atoms with van der Waals surface area (Å²) in [6.07, 6.45) is 2.05. The lowest BCUT2D eigenvalue weighted by Crippen LogP contribution is -2.16. The first-order valence-electron chi connectivity index (χ1n) is 7.36. The molecule has 1 heteroatoms. The largest absolute Gasteiger partial charge is 0.318 e. The van der Waals surface area contributed by atoms with Gasteiger partial charge in [-0.25, -0.2) is 0 Å². The molecule has 1 nitrogen and oxygen atoms in total. The van der Waals surface area contributed by atoms with Crippen LogP contribution in [0.1, 0.15) is 76.0 Å². The summed E-state index contributed by atoms with van der Waals surface area (Å²) >= 11 is 0. The van der Waals surface area contributed by atoms with Crippen molar-refractivity contribution in [2.75, 3.05) is 0 Å². The first-order valence-corrected chi connectivity index (χ1v) is 7.36. The molecule has 0 aliphatic rings. The van der Waals surface area contributed by atoms with Gasteiger partial charge in [0, 0.05) is 5.56 Å². The minimum Gasteiger partial charge on any atom is -0.318 e. The molecule has 1 aromatic carbocycles. The zero-order valence-electron chi connectivity index (χ0n) is 13.0. The summed E-state index contributed by atoms with van der Waals surface area (Å²) in [5.74, 6) is 7.49. The lowest BCUT2D eigenvalue weighted by atomic mass is 9.91. The van der Waals surface area contributed by atoms with E-state index in [0.717, 1.165) is 18.4 Å². The van der Waals surface area contributed by atoms with Crippen LogP contribution in [0.2, 0.25) is 0 Å². The van der Waals surface area contributed by atoms with E-state index in [4.69, 9.17) is 5.73 Å². The van der Waals surface area contributed by atoms with Gasteiger partial charge in [-0.15, -0.1) is 0 Å². The highest BCUT2D eigenvalue weighted by Crippen LogP contribution is 2.24. The van der Waals surface area contributed by atoms with E-state index < -0.39 is 0 Å². The molecule has 0 fully saturated rings. The molecule has 0 aliphatic carbocycles. The fraction of sp³-hybridized carbons (Fsp3) is 0.556. The Hall–Kier alpha value is -1.26. The third-order valence-electron chi connectivity index (χ3n) is 3.36. The molecule has 0 saturated carbocycles. The van der Waals surface area contributed by atoms with Gasteiger partial charge in [0.2, 0.25) is 0 Å². The van der Waals surface area contributed by atoms with E-state index in [1.54, 1.807) is 0 Å². The minimum atomic E-state index is -0.00483. The average molecular weight is 257 g/mol. The Morgan fingerprint density at radius 1 is 1.11 bits per heavy atom. The predicted molar refractivity (Wildman–Crippen MR) is 84.4 cm³/mol. The van der Waals surface area contributed by atoms with Crippen molar-refractivity contribution >= 4 is 0 Å². The van der Waals surface area contributed by atoms with E-state index in [1.165, 1.54) is 11.1 Å². The maximum absolute atomic E-state index is 5.96. The fourth-order valence-corrected chi connectivity index (χ4v) is 2.09. The van der Waals surface area contributed by atoms with Crippen molar-refractivity contribution < 1.29 is 0 Å². The van der Waals surface area contributed by atoms with Crippen molar-refractivity contribution in [3.05, 3.63) is 34.9 Å². The van der Waals surface area contributed by atoms with Crippen molar-refractivity contribution in [2.24, 2.45) is 5.73 Å². The van der Waals surface area contributed by atoms with Crippen molar-refractivity contribution in [1.82, 2.24) is 0 Å². The summed E-state index contributed by atoms with van der Waals surface area (Å²) in [5.41, 5.74) is 9.81. The van der Waals surface area contributed by atoms with Gasteiger partial charge in [-0.3, -0.25) is 0 Å². The minimum absolute atomic E-state index is 0.00483. The molecule has 0 bridgehead atoms. The summed E-state index contributed by atoms with van der Waals surface area (Å²) in [6.45, 7) is 11.0. The monoisotopic (exact) mass is 257 g/mol. The second-order valence-electron chi connectivity index (χ2n) is 5.82. The van der Waals surface area contributed by atoms with Crippen molar-refractivity contribution in [3.8, 4) is 11.8 Å². The zero-order valence-corrected chi connectivity index (χ0v) is 13.0. The van der Waals surface area contributed by atoms with Crippen LogP contribution in [0.25, 0.3) is 0 Å². The Kier molecular flexibility index (Phi) is 6.12. The van der Waals surface area contributed by atoms with Gasteiger partial charge in [0.25, 0.3) is 0 Å². The van der Waals surface area contributed by atoms with E-state index >= 15 is 0 Å². The third-order valence-corrected chi connectivity index (χ3v) is 3.36. The van der Waals surface area contributed by atoms with Crippen LogP contribution in [0.15, 0.2) is 18.2 Å². The Labute approximate surface area is 118 Å². The maximum Gasteiger partial charge on any atom is 0.0668 e. The Balaban J connectivity index is 3.07. The molecular weight excluding hydrogens is 230 g/mol. The fourth-order valence-electron chi connectivity index (χ4n) is 2.09. The van der Waals surface area contributed by atoms with Crippen molar-refractivity contribution in [2.45, 2.75) is 65.3 Å². The van der Waals surface area contributed by atoms with E-state index in [2.05, 4.69) is 64.7 Å². The standard InChI is InChI=1S/C18H27N/c1-6-7-17(19)11-10-15-8-9-16(13(2)3)12-18(15)14(4)5/h8-9,12-14,17H,6-7,19H2,1-5H3. The molecule has 0 heterocycles. The first-order chi connectivity index (χ1) is 8.95. The first kappa shape index (κ1) is 15.8. The second-order valence-corrected chi connectivity index (χ2v) is 5.82. The predicted octanol–water partition coefficient (Wildman–Crippen LogP) is 4.41. The summed E-state index contributed by atoms with van der Waals surface area (Å²) < 4.78 is 0. The van der Waals surface area contributed by atoms with Gasteiger partial charge in [0.15, 0.2) is 0 Å². The van der Waals surface area contributed by atoms with Gasteiger partial charge in [-0.05, 0) is 35.4 Å². The number of hydrogen-bond acceptors (Lipinski definition) is 1. The van der Waals surface area contributed by atoms with Gasteiger partial charge >= 0.3 is 0 Å². The third kappa shape index (κ3) is 4.73. The highest BCUT2D eigenvalue weighted by atomic mass is 14.6. The average Bonchev–Trinajstić information content (AvgIpc) is 2.36. The van der Waals surface area contributed by atoms with E-state index in [9.17, 15) is 0 Å². The Morgan fingerprint density at radius 2 is 1.79 bits per heavy atom. The Morgan fingerprint density at radius 3 is 2.32 bits per heavy atom. The topological polar surface area (TPSA) is 26.0 Å². The normalized spacial score (nSPS) is 12.4. The molecule has 0 saturated heterocycles. The molecule has 1 atom stereocenters. The molecule has 0 amide bonds. The van der Waals surface area contributed by atoms with Crippen LogP contribution in [-0.2, 0) is 0 Å². The smallest absolute Gasteiger partial charge is 0.0668 e. The summed E-state index contributed by atoms with van der Waals surface area (Å²) in [6, 6.07) is 6.63. The lowest BCUT2D eigenvalue weighted by molar-refractivity contribution is 0.720. The van der Waals surface area contributed by atoms with E-state index in [0.29, 0.717) is 11.8 Å². The van der Waals surface area contributed by atoms with Crippen LogP contribution < -0.4 is 5.73 Å². The molecule has 0 aliphatic heterocycles. The Bertz CT molecular complexity index is 460. The van der Waals surface area contributed by atoms with Gasteiger partial charge in [0.1, 0.15) is 0 Å². The van der Waals surface area contributed by atoms with Crippen LogP contribution in [0, 0.1) is 11.8 Å². The van der Waals surface area contributed by atoms with Gasteiger partial charge in [-0.1, -0.05) is 65.0 Å². The molecule has 1 rings (SSSR count). The van der Waals surface area contributed by atoms with E-state index in [-0.39, 0.29) is 6.04 Å². The molecule has 0 aromatic heterocycles. The summed E-state index contributed by atoms with van der Waals surface area (Å²) in [7, 11) is 0. The molecule has 19 heavy (non-hydrogen) atoms. The van der Waals surface area contributed by atoms with Crippen LogP contribution >= 0.6 is 0 Å². The second kappa shape index (κ2) is 7.36. The molecule has 0 spiro atoms. The molecule has 1 unspecified atom stereocenters. The number of nitrogens with two attached hydrogens (primary N) is 1. The molecule has 0 radical (unpaired) electrons. The summed E-state index contributed by atoms with van der Waals surface area (Å²) in [5, 5.41) is 0. The van der Waals surface area contributed by atoms with Gasteiger partial charge < -0.3 is 5.73 Å². The lowest BCUT2D eigenvalue weighted by Gasteiger charge is -2.13. The highest BCUT2D eigenvalue weighted by molar-refractivity contribution is 5.46. The van der Waals surface area contributed by atoms with Gasteiger partial charge in [-0.2, -0.15) is 0 Å². The van der Waals surface area contributed by atoms with Crippen LogP contribution in [-0.4, -0.2) is 6.04 Å². The SMILES string of the molecule is CCCC(N)C#Cc1ccc(C(C)C)cc1C(C)C. The molecule has 1 aromatic rings. The van der Waals surface area contributed by atoms with Crippen molar-refractivity contribution in [3.63, 3.8) is 0 Å². The van der Waals surface area contributed by atoms with Crippen LogP contribution in [0.3, 0.4) is 0 Å². The van der Waals surface area contributed by atoms with E-state index in [1.807, 2.05) is 0 Å². The highest BCUT2D eigenvalue weighted by Gasteiger charge is 2.08. The zero-order chi connectivity index (χ0) is 14.4. The van der Waals surface area contributed by atoms with Crippen LogP contribution in [0.4, 0.5) is 0 Å². The summed E-state index contributed by atoms with van der Waals surface area (Å²) in [4.78, 5) is 0. The number of hydrogen-bond donors (Lipinski definition) is 1. The quantitative estimate of drug-likeness (QED) is 0.794. The maximum atomic E-state index is 5.96. The van der Waals surface area contributed by atoms with Crippen LogP contribution in [0.5, 0.6) is 0 Å².